The summed E-state index contributed by atoms with van der Waals surface area (Å²) in [7, 11) is -4.20. The SMILES string of the molecule is C[C@H]1C(c2ccccc2)[C@]1(NS(=O)(=O)c1ccc(-c2cc(C(F)(F)F)on2)s1)C(N)=O. The summed E-state index contributed by atoms with van der Waals surface area (Å²) in [5, 5.41) is 3.35. The number of aromatic nitrogens is 1. The first-order chi connectivity index (χ1) is 14.5. The van der Waals surface area contributed by atoms with Gasteiger partial charge in [-0.1, -0.05) is 42.4 Å². The van der Waals surface area contributed by atoms with Crippen LogP contribution in [-0.4, -0.2) is 25.0 Å². The number of alkyl halides is 3. The minimum atomic E-state index is -4.71. The van der Waals surface area contributed by atoms with Crippen molar-refractivity contribution >= 4 is 27.3 Å². The third-order valence-corrected chi connectivity index (χ3v) is 8.44. The number of nitrogens with one attached hydrogen (secondary N) is 1. The molecule has 1 aliphatic carbocycles. The molecule has 3 N–H and O–H groups in total. The normalized spacial score (nSPS) is 23.6. The van der Waals surface area contributed by atoms with Gasteiger partial charge in [0, 0.05) is 12.0 Å². The van der Waals surface area contributed by atoms with Crippen LogP contribution in [0.3, 0.4) is 0 Å². The average molecular weight is 471 g/mol. The minimum Gasteiger partial charge on any atom is -0.368 e. The molecule has 1 saturated carbocycles. The number of hydrogen-bond acceptors (Lipinski definition) is 6. The molecular weight excluding hydrogens is 455 g/mol. The summed E-state index contributed by atoms with van der Waals surface area (Å²) in [6.45, 7) is 1.72. The largest absolute Gasteiger partial charge is 0.452 e. The van der Waals surface area contributed by atoms with Crippen LogP contribution in [0.25, 0.3) is 10.6 Å². The van der Waals surface area contributed by atoms with Crippen LogP contribution in [0.4, 0.5) is 13.2 Å². The van der Waals surface area contributed by atoms with Gasteiger partial charge in [0.1, 0.15) is 15.4 Å². The van der Waals surface area contributed by atoms with Gasteiger partial charge in [0.05, 0.1) is 4.88 Å². The number of nitrogens with two attached hydrogens (primary N) is 1. The lowest BCUT2D eigenvalue weighted by molar-refractivity contribution is -0.155. The molecule has 0 aliphatic heterocycles. The number of nitrogens with zero attached hydrogens (tertiary/aromatic N) is 1. The molecule has 0 radical (unpaired) electrons. The van der Waals surface area contributed by atoms with Crippen LogP contribution in [0.15, 0.2) is 57.3 Å². The van der Waals surface area contributed by atoms with Crippen molar-refractivity contribution in [3.63, 3.8) is 0 Å². The van der Waals surface area contributed by atoms with Crippen molar-refractivity contribution in [3.05, 3.63) is 59.9 Å². The van der Waals surface area contributed by atoms with Gasteiger partial charge in [-0.05, 0) is 23.6 Å². The zero-order valence-electron chi connectivity index (χ0n) is 15.9. The highest BCUT2D eigenvalue weighted by molar-refractivity contribution is 7.91. The Morgan fingerprint density at radius 3 is 2.48 bits per heavy atom. The van der Waals surface area contributed by atoms with Crippen LogP contribution in [0.1, 0.15) is 24.2 Å². The first-order valence-corrected chi connectivity index (χ1v) is 11.3. The van der Waals surface area contributed by atoms with Gasteiger partial charge in [-0.3, -0.25) is 4.79 Å². The van der Waals surface area contributed by atoms with Crippen LogP contribution >= 0.6 is 11.3 Å². The fourth-order valence-corrected chi connectivity index (χ4v) is 6.49. The Hall–Kier alpha value is -2.70. The van der Waals surface area contributed by atoms with E-state index in [1.165, 1.54) is 12.1 Å². The van der Waals surface area contributed by atoms with Crippen LogP contribution in [-0.2, 0) is 21.0 Å². The van der Waals surface area contributed by atoms with E-state index in [0.717, 1.165) is 5.56 Å². The van der Waals surface area contributed by atoms with E-state index < -0.39 is 39.3 Å². The Morgan fingerprint density at radius 1 is 1.23 bits per heavy atom. The quantitative estimate of drug-likeness (QED) is 0.572. The molecule has 1 aromatic carbocycles. The highest BCUT2D eigenvalue weighted by atomic mass is 32.2. The number of benzene rings is 1. The van der Waals surface area contributed by atoms with Gasteiger partial charge >= 0.3 is 6.18 Å². The van der Waals surface area contributed by atoms with Gasteiger partial charge in [0.15, 0.2) is 0 Å². The van der Waals surface area contributed by atoms with Crippen LogP contribution in [0.2, 0.25) is 0 Å². The number of amides is 1. The van der Waals surface area contributed by atoms with Crippen molar-refractivity contribution in [2.24, 2.45) is 11.7 Å². The molecule has 2 aromatic heterocycles. The zero-order valence-corrected chi connectivity index (χ0v) is 17.5. The Bertz CT molecular complexity index is 1240. The topological polar surface area (TPSA) is 115 Å². The number of thiophene rings is 1. The Morgan fingerprint density at radius 2 is 1.90 bits per heavy atom. The fraction of sp³-hybridized carbons (Fsp3) is 0.263. The van der Waals surface area contributed by atoms with E-state index in [-0.39, 0.29) is 20.7 Å². The fourth-order valence-electron chi connectivity index (χ4n) is 3.76. The Kier molecular flexibility index (Phi) is 4.98. The number of sulfonamides is 1. The van der Waals surface area contributed by atoms with Crippen molar-refractivity contribution in [2.45, 2.75) is 28.8 Å². The predicted octanol–water partition coefficient (Wildman–Crippen LogP) is 3.36. The lowest BCUT2D eigenvalue weighted by Gasteiger charge is -2.16. The van der Waals surface area contributed by atoms with Gasteiger partial charge in [-0.25, -0.2) is 8.42 Å². The van der Waals surface area contributed by atoms with Gasteiger partial charge in [-0.15, -0.1) is 11.3 Å². The number of carbonyl (C=O) groups is 1. The summed E-state index contributed by atoms with van der Waals surface area (Å²) < 4.78 is 70.7. The van der Waals surface area contributed by atoms with Gasteiger partial charge in [-0.2, -0.15) is 17.9 Å². The molecule has 12 heteroatoms. The second-order valence-electron chi connectivity index (χ2n) is 7.21. The highest BCUT2D eigenvalue weighted by Gasteiger charge is 2.68. The molecule has 0 bridgehead atoms. The molecule has 4 rings (SSSR count). The van der Waals surface area contributed by atoms with E-state index in [0.29, 0.717) is 17.4 Å². The summed E-state index contributed by atoms with van der Waals surface area (Å²) >= 11 is 0.703. The van der Waals surface area contributed by atoms with E-state index in [1.807, 2.05) is 0 Å². The van der Waals surface area contributed by atoms with E-state index >= 15 is 0 Å². The van der Waals surface area contributed by atoms with Crippen LogP contribution in [0, 0.1) is 5.92 Å². The first kappa shape index (κ1) is 21.5. The van der Waals surface area contributed by atoms with Crippen molar-refractivity contribution in [1.82, 2.24) is 9.88 Å². The van der Waals surface area contributed by atoms with E-state index in [2.05, 4.69) is 14.4 Å². The standard InChI is InChI=1S/C19H16F3N3O4S2/c1-10-16(11-5-3-2-4-6-11)18(10,17(23)26)25-31(27,28)15-8-7-13(30-15)12-9-14(29-24-12)19(20,21)22/h2-10,16,25H,1H3,(H2,23,26)/t10-,16?,18-/m0/s1. The van der Waals surface area contributed by atoms with Crippen molar-refractivity contribution < 1.29 is 30.9 Å². The molecule has 7 nitrogen and oxygen atoms in total. The molecule has 0 saturated heterocycles. The smallest absolute Gasteiger partial charge is 0.368 e. The Balaban J connectivity index is 1.62. The lowest BCUT2D eigenvalue weighted by Crippen LogP contribution is -2.49. The molecule has 1 aliphatic rings. The maximum absolute atomic E-state index is 13.0. The van der Waals surface area contributed by atoms with Crippen LogP contribution in [0.5, 0.6) is 0 Å². The third-order valence-electron chi connectivity index (χ3n) is 5.36. The predicted molar refractivity (Wildman–Crippen MR) is 105 cm³/mol. The summed E-state index contributed by atoms with van der Waals surface area (Å²) in [5.74, 6) is -2.92. The molecule has 1 unspecified atom stereocenters. The number of primary amides is 1. The number of hydrogen-bond donors (Lipinski definition) is 2. The summed E-state index contributed by atoms with van der Waals surface area (Å²) in [6, 6.07) is 12.2. The molecule has 2 heterocycles. The molecule has 1 fully saturated rings. The van der Waals surface area contributed by atoms with Crippen LogP contribution < -0.4 is 10.5 Å². The zero-order chi connectivity index (χ0) is 22.6. The number of halogens is 3. The Labute approximate surface area is 179 Å². The molecular formula is C19H16F3N3O4S2. The molecule has 1 amide bonds. The lowest BCUT2D eigenvalue weighted by atomic mass is 10.1. The van der Waals surface area contributed by atoms with Gasteiger partial charge in [0.2, 0.25) is 11.7 Å². The van der Waals surface area contributed by atoms with E-state index in [1.54, 1.807) is 37.3 Å². The minimum absolute atomic E-state index is 0.148. The molecule has 3 aromatic rings. The molecule has 0 spiro atoms. The highest BCUT2D eigenvalue weighted by Crippen LogP contribution is 2.57. The second kappa shape index (κ2) is 7.18. The van der Waals surface area contributed by atoms with E-state index in [9.17, 15) is 26.4 Å². The van der Waals surface area contributed by atoms with Crippen molar-refractivity contribution in [3.8, 4) is 10.6 Å². The number of carbonyl (C=O) groups excluding carboxylic acids is 1. The summed E-state index contributed by atoms with van der Waals surface area (Å²) in [6.07, 6.45) is -4.71. The monoisotopic (exact) mass is 471 g/mol. The molecule has 3 atom stereocenters. The van der Waals surface area contributed by atoms with Gasteiger partial charge in [0.25, 0.3) is 10.0 Å². The average Bonchev–Trinajstić information content (AvgIpc) is 3.13. The van der Waals surface area contributed by atoms with Crippen molar-refractivity contribution in [1.29, 1.82) is 0 Å². The summed E-state index contributed by atoms with van der Waals surface area (Å²) in [4.78, 5) is 12.4. The molecule has 31 heavy (non-hydrogen) atoms. The number of rotatable bonds is 6. The molecule has 164 valence electrons. The van der Waals surface area contributed by atoms with Gasteiger partial charge < -0.3 is 10.3 Å². The third kappa shape index (κ3) is 3.64. The summed E-state index contributed by atoms with van der Waals surface area (Å²) in [5.41, 5.74) is 4.71. The maximum Gasteiger partial charge on any atom is 0.452 e. The van der Waals surface area contributed by atoms with E-state index in [4.69, 9.17) is 5.73 Å². The second-order valence-corrected chi connectivity index (χ2v) is 10.2. The van der Waals surface area contributed by atoms with Crippen molar-refractivity contribution in [2.75, 3.05) is 0 Å². The maximum atomic E-state index is 13.0. The first-order valence-electron chi connectivity index (χ1n) is 9.00.